The topological polar surface area (TPSA) is 78.5 Å². The summed E-state index contributed by atoms with van der Waals surface area (Å²) in [7, 11) is -3.54. The van der Waals surface area contributed by atoms with Crippen LogP contribution in [-0.2, 0) is 27.8 Å². The second kappa shape index (κ2) is 10.9. The lowest BCUT2D eigenvalue weighted by Crippen LogP contribution is -2.37. The highest BCUT2D eigenvalue weighted by Gasteiger charge is 2.27. The van der Waals surface area contributed by atoms with E-state index in [9.17, 15) is 13.2 Å². The molecule has 1 amide bonds. The van der Waals surface area contributed by atoms with Crippen LogP contribution in [0.25, 0.3) is 0 Å². The zero-order chi connectivity index (χ0) is 22.3. The minimum atomic E-state index is -3.54. The average molecular weight is 444 g/mol. The van der Waals surface area contributed by atoms with Crippen molar-refractivity contribution < 1.29 is 13.2 Å². The van der Waals surface area contributed by atoms with Gasteiger partial charge in [0.1, 0.15) is 0 Å². The van der Waals surface area contributed by atoms with Gasteiger partial charge in [0.15, 0.2) is 0 Å². The Morgan fingerprint density at radius 1 is 1.03 bits per heavy atom. The van der Waals surface area contributed by atoms with Crippen LogP contribution in [0.3, 0.4) is 0 Å². The molecule has 1 heterocycles. The number of sulfonamides is 1. The highest BCUT2D eigenvalue weighted by Crippen LogP contribution is 2.23. The molecule has 1 unspecified atom stereocenters. The molecule has 0 spiro atoms. The first-order valence-corrected chi connectivity index (χ1v) is 12.5. The van der Waals surface area contributed by atoms with Gasteiger partial charge in [-0.1, -0.05) is 55.8 Å². The van der Waals surface area contributed by atoms with Crippen molar-refractivity contribution in [3.8, 4) is 0 Å². The van der Waals surface area contributed by atoms with E-state index < -0.39 is 10.0 Å². The Balaban J connectivity index is 1.56. The van der Waals surface area contributed by atoms with E-state index in [1.807, 2.05) is 6.92 Å². The molecule has 1 saturated heterocycles. The Labute approximate surface area is 186 Å². The zero-order valence-electron chi connectivity index (χ0n) is 18.4. The lowest BCUT2D eigenvalue weighted by atomic mass is 10.1. The van der Waals surface area contributed by atoms with Crippen LogP contribution in [-0.4, -0.2) is 38.3 Å². The molecule has 0 saturated carbocycles. The summed E-state index contributed by atoms with van der Waals surface area (Å²) >= 11 is 0. The van der Waals surface area contributed by atoms with Gasteiger partial charge in [-0.2, -0.15) is 4.31 Å². The molecule has 7 heteroatoms. The summed E-state index contributed by atoms with van der Waals surface area (Å²) in [5.41, 5.74) is 3.03. The van der Waals surface area contributed by atoms with Crippen molar-refractivity contribution in [2.24, 2.45) is 0 Å². The molecule has 1 fully saturated rings. The van der Waals surface area contributed by atoms with Crippen molar-refractivity contribution in [2.75, 3.05) is 19.6 Å². The number of nitrogens with one attached hydrogen (secondary N) is 2. The second-order valence-corrected chi connectivity index (χ2v) is 9.95. The lowest BCUT2D eigenvalue weighted by Gasteiger charge is -2.26. The largest absolute Gasteiger partial charge is 0.351 e. The van der Waals surface area contributed by atoms with Gasteiger partial charge in [0.05, 0.1) is 11.4 Å². The van der Waals surface area contributed by atoms with Gasteiger partial charge in [-0.3, -0.25) is 4.79 Å². The monoisotopic (exact) mass is 443 g/mol. The van der Waals surface area contributed by atoms with Crippen LogP contribution in [0.4, 0.5) is 0 Å². The van der Waals surface area contributed by atoms with Crippen LogP contribution < -0.4 is 10.6 Å². The fraction of sp³-hybridized carbons (Fsp3) is 0.458. The summed E-state index contributed by atoms with van der Waals surface area (Å²) in [4.78, 5) is 12.7. The number of carbonyl (C=O) groups excluding carboxylic acids is 1. The van der Waals surface area contributed by atoms with E-state index in [1.165, 1.54) is 5.56 Å². The number of hydrogen-bond acceptors (Lipinski definition) is 4. The average Bonchev–Trinajstić information content (AvgIpc) is 2.82. The number of benzene rings is 2. The number of carbonyl (C=O) groups is 1. The summed E-state index contributed by atoms with van der Waals surface area (Å²) in [6.45, 7) is 5.61. The summed E-state index contributed by atoms with van der Waals surface area (Å²) < 4.78 is 27.7. The predicted molar refractivity (Wildman–Crippen MR) is 123 cm³/mol. The molecule has 1 aliphatic rings. The maximum Gasteiger partial charge on any atom is 0.243 e. The third-order valence-corrected chi connectivity index (χ3v) is 7.84. The van der Waals surface area contributed by atoms with E-state index in [1.54, 1.807) is 28.6 Å². The number of hydrogen-bond donors (Lipinski definition) is 2. The number of piperidine rings is 1. The molecular formula is C24H33N3O3S. The van der Waals surface area contributed by atoms with E-state index in [0.29, 0.717) is 18.7 Å². The van der Waals surface area contributed by atoms with Crippen molar-refractivity contribution in [1.29, 1.82) is 0 Å². The van der Waals surface area contributed by atoms with E-state index in [-0.39, 0.29) is 29.9 Å². The number of aryl methyl sites for hydroxylation is 1. The number of amides is 1. The predicted octanol–water partition coefficient (Wildman–Crippen LogP) is 3.39. The second-order valence-electron chi connectivity index (χ2n) is 8.05. The molecule has 2 N–H and O–H groups in total. The Morgan fingerprint density at radius 2 is 1.71 bits per heavy atom. The van der Waals surface area contributed by atoms with Gasteiger partial charge in [0, 0.05) is 25.7 Å². The van der Waals surface area contributed by atoms with Crippen LogP contribution in [0.1, 0.15) is 55.8 Å². The fourth-order valence-electron chi connectivity index (χ4n) is 3.81. The van der Waals surface area contributed by atoms with Crippen molar-refractivity contribution >= 4 is 15.9 Å². The van der Waals surface area contributed by atoms with Crippen molar-refractivity contribution in [1.82, 2.24) is 14.9 Å². The number of rotatable bonds is 9. The summed E-state index contributed by atoms with van der Waals surface area (Å²) in [6, 6.07) is 15.3. The lowest BCUT2D eigenvalue weighted by molar-refractivity contribution is -0.120. The Morgan fingerprint density at radius 3 is 2.39 bits per heavy atom. The first kappa shape index (κ1) is 23.4. The van der Waals surface area contributed by atoms with E-state index in [2.05, 4.69) is 41.8 Å². The zero-order valence-corrected chi connectivity index (χ0v) is 19.2. The van der Waals surface area contributed by atoms with Gasteiger partial charge in [0.25, 0.3) is 0 Å². The van der Waals surface area contributed by atoms with E-state index in [0.717, 1.165) is 31.2 Å². The van der Waals surface area contributed by atoms with Crippen LogP contribution in [0, 0.1) is 0 Å². The van der Waals surface area contributed by atoms with Crippen molar-refractivity contribution in [3.63, 3.8) is 0 Å². The molecule has 2 aromatic carbocycles. The summed E-state index contributed by atoms with van der Waals surface area (Å²) in [5, 5.41) is 6.09. The van der Waals surface area contributed by atoms with Crippen molar-refractivity contribution in [3.05, 3.63) is 65.2 Å². The fourth-order valence-corrected chi connectivity index (χ4v) is 5.55. The first-order chi connectivity index (χ1) is 14.9. The van der Waals surface area contributed by atoms with Crippen LogP contribution in [0.15, 0.2) is 53.4 Å². The summed E-state index contributed by atoms with van der Waals surface area (Å²) in [5.74, 6) is -0.165. The normalized spacial score (nSPS) is 16.1. The molecule has 1 atom stereocenters. The molecular weight excluding hydrogens is 410 g/mol. The van der Waals surface area contributed by atoms with Gasteiger partial charge in [-0.25, -0.2) is 8.42 Å². The van der Waals surface area contributed by atoms with Crippen LogP contribution in [0.5, 0.6) is 0 Å². The molecule has 0 radical (unpaired) electrons. The summed E-state index contributed by atoms with van der Waals surface area (Å²) in [6.07, 6.45) is 3.85. The molecule has 1 aliphatic heterocycles. The van der Waals surface area contributed by atoms with Crippen LogP contribution >= 0.6 is 0 Å². The highest BCUT2D eigenvalue weighted by atomic mass is 32.2. The molecule has 168 valence electrons. The molecule has 3 rings (SSSR count). The van der Waals surface area contributed by atoms with Gasteiger partial charge < -0.3 is 10.6 Å². The minimum absolute atomic E-state index is 0.0448. The molecule has 6 nitrogen and oxygen atoms in total. The van der Waals surface area contributed by atoms with E-state index in [4.69, 9.17) is 0 Å². The van der Waals surface area contributed by atoms with Crippen LogP contribution in [0.2, 0.25) is 0 Å². The maximum absolute atomic E-state index is 13.1. The molecule has 31 heavy (non-hydrogen) atoms. The number of nitrogens with zero attached hydrogens (tertiary/aromatic N) is 1. The smallest absolute Gasteiger partial charge is 0.243 e. The third-order valence-electron chi connectivity index (χ3n) is 5.84. The Bertz CT molecular complexity index is 968. The van der Waals surface area contributed by atoms with E-state index >= 15 is 0 Å². The molecule has 0 aromatic heterocycles. The van der Waals surface area contributed by atoms with Gasteiger partial charge in [0.2, 0.25) is 15.9 Å². The van der Waals surface area contributed by atoms with Gasteiger partial charge >= 0.3 is 0 Å². The quantitative estimate of drug-likeness (QED) is 0.623. The van der Waals surface area contributed by atoms with Gasteiger partial charge in [-0.15, -0.1) is 0 Å². The highest BCUT2D eigenvalue weighted by molar-refractivity contribution is 7.89. The Hall–Kier alpha value is -2.22. The molecule has 0 bridgehead atoms. The SMILES string of the molecule is CCc1ccc(C(C)NCC(=O)NCc2ccccc2S(=O)(=O)N2CCCCC2)cc1. The molecule has 2 aromatic rings. The van der Waals surface area contributed by atoms with Gasteiger partial charge in [-0.05, 0) is 48.9 Å². The maximum atomic E-state index is 13.1. The standard InChI is InChI=1S/C24H33N3O3S/c1-3-20-11-13-21(14-12-20)19(2)25-18-24(28)26-17-22-9-5-6-10-23(22)31(29,30)27-15-7-4-8-16-27/h5-6,9-14,19,25H,3-4,7-8,15-18H2,1-2H3,(H,26,28). The first-order valence-electron chi connectivity index (χ1n) is 11.1. The minimum Gasteiger partial charge on any atom is -0.351 e. The van der Waals surface area contributed by atoms with Crippen molar-refractivity contribution in [2.45, 2.75) is 57.0 Å². The Kier molecular flexibility index (Phi) is 8.23. The third kappa shape index (κ3) is 6.15. The molecule has 0 aliphatic carbocycles.